The molecule has 1 unspecified atom stereocenters. The van der Waals surface area contributed by atoms with Gasteiger partial charge in [0, 0.05) is 57.1 Å². The number of anilines is 1. The topological polar surface area (TPSA) is 97.8 Å². The number of hydrogen-bond acceptors (Lipinski definition) is 6. The van der Waals surface area contributed by atoms with Crippen molar-refractivity contribution in [1.29, 1.82) is 0 Å². The fraction of sp³-hybridized carbons (Fsp3) is 0.480. The molecular formula is C25H31N5O3. The molecule has 33 heavy (non-hydrogen) atoms. The second-order valence-electron chi connectivity index (χ2n) is 9.41. The molecule has 0 radical (unpaired) electrons. The third kappa shape index (κ3) is 5.34. The highest BCUT2D eigenvalue weighted by atomic mass is 16.3. The molecule has 1 aliphatic carbocycles. The summed E-state index contributed by atoms with van der Waals surface area (Å²) in [6.07, 6.45) is 3.98. The zero-order chi connectivity index (χ0) is 22.8. The van der Waals surface area contributed by atoms with Gasteiger partial charge in [0.1, 0.15) is 5.69 Å². The van der Waals surface area contributed by atoms with Crippen LogP contribution in [0.15, 0.2) is 42.6 Å². The summed E-state index contributed by atoms with van der Waals surface area (Å²) in [4.78, 5) is 32.9. The molecule has 1 aromatic carbocycles. The van der Waals surface area contributed by atoms with Gasteiger partial charge < -0.3 is 20.6 Å². The lowest BCUT2D eigenvalue weighted by Gasteiger charge is -2.40. The largest absolute Gasteiger partial charge is 0.390 e. The van der Waals surface area contributed by atoms with Gasteiger partial charge in [-0.3, -0.25) is 19.5 Å². The Morgan fingerprint density at radius 1 is 1.15 bits per heavy atom. The Bertz CT molecular complexity index is 1020. The SMILES string of the molecule is O=C(NCC(O)CN1CCc2ccccc2C1)c1cc(NC2CN(C(=O)C3CC3)C2)ccn1. The van der Waals surface area contributed by atoms with Crippen molar-refractivity contribution in [3.05, 3.63) is 59.4 Å². The van der Waals surface area contributed by atoms with E-state index in [2.05, 4.69) is 38.7 Å². The standard InChI is InChI=1S/C25H31N5O3/c31-22(16-29-10-8-17-3-1-2-4-19(17)13-29)12-27-24(32)23-11-20(7-9-26-23)28-21-14-30(15-21)25(33)18-5-6-18/h1-4,7,9,11,18,21-22,31H,5-6,8,10,12-16H2,(H,26,28)(H,27,32). The zero-order valence-corrected chi connectivity index (χ0v) is 18.7. The van der Waals surface area contributed by atoms with Crippen molar-refractivity contribution in [1.82, 2.24) is 20.1 Å². The van der Waals surface area contributed by atoms with Crippen molar-refractivity contribution in [2.45, 2.75) is 38.0 Å². The van der Waals surface area contributed by atoms with E-state index in [9.17, 15) is 14.7 Å². The van der Waals surface area contributed by atoms with Crippen molar-refractivity contribution in [2.24, 2.45) is 5.92 Å². The van der Waals surface area contributed by atoms with Gasteiger partial charge in [-0.25, -0.2) is 0 Å². The lowest BCUT2D eigenvalue weighted by atomic mass is 10.00. The number of pyridine rings is 1. The number of aliphatic hydroxyl groups excluding tert-OH is 1. The molecule has 1 saturated heterocycles. The Hall–Kier alpha value is -2.97. The summed E-state index contributed by atoms with van der Waals surface area (Å²) < 4.78 is 0. The van der Waals surface area contributed by atoms with Crippen molar-refractivity contribution in [2.75, 3.05) is 38.0 Å². The molecule has 5 rings (SSSR count). The fourth-order valence-corrected chi connectivity index (χ4v) is 4.59. The molecule has 174 valence electrons. The number of nitrogens with zero attached hydrogens (tertiary/aromatic N) is 3. The average Bonchev–Trinajstić information content (AvgIpc) is 3.65. The lowest BCUT2D eigenvalue weighted by molar-refractivity contribution is -0.136. The maximum absolute atomic E-state index is 12.6. The minimum atomic E-state index is -0.648. The van der Waals surface area contributed by atoms with Crippen molar-refractivity contribution >= 4 is 17.5 Å². The first-order valence-corrected chi connectivity index (χ1v) is 11.8. The first-order valence-electron chi connectivity index (χ1n) is 11.8. The molecule has 3 aliphatic rings. The zero-order valence-electron chi connectivity index (χ0n) is 18.7. The van der Waals surface area contributed by atoms with Crippen LogP contribution in [0.3, 0.4) is 0 Å². The normalized spacial score (nSPS) is 19.4. The van der Waals surface area contributed by atoms with E-state index in [1.807, 2.05) is 17.0 Å². The van der Waals surface area contributed by atoms with E-state index in [0.29, 0.717) is 25.3 Å². The van der Waals surface area contributed by atoms with Crippen molar-refractivity contribution < 1.29 is 14.7 Å². The van der Waals surface area contributed by atoms with E-state index >= 15 is 0 Å². The van der Waals surface area contributed by atoms with Gasteiger partial charge >= 0.3 is 0 Å². The monoisotopic (exact) mass is 449 g/mol. The van der Waals surface area contributed by atoms with Crippen LogP contribution in [0.5, 0.6) is 0 Å². The Kier molecular flexibility index (Phi) is 6.28. The molecule has 1 atom stereocenters. The van der Waals surface area contributed by atoms with Crippen LogP contribution in [0.1, 0.15) is 34.5 Å². The molecule has 0 bridgehead atoms. The summed E-state index contributed by atoms with van der Waals surface area (Å²) in [5, 5.41) is 16.6. The first-order chi connectivity index (χ1) is 16.0. The quantitative estimate of drug-likeness (QED) is 0.562. The number of rotatable bonds is 8. The number of aliphatic hydroxyl groups is 1. The second kappa shape index (κ2) is 9.49. The Morgan fingerprint density at radius 2 is 1.94 bits per heavy atom. The highest BCUT2D eigenvalue weighted by Gasteiger charge is 2.39. The summed E-state index contributed by atoms with van der Waals surface area (Å²) in [7, 11) is 0. The molecule has 2 fully saturated rings. The molecule has 1 aromatic heterocycles. The molecule has 0 spiro atoms. The molecule has 1 saturated carbocycles. The number of carbonyl (C=O) groups is 2. The third-order valence-electron chi connectivity index (χ3n) is 6.66. The van der Waals surface area contributed by atoms with Gasteiger partial charge in [-0.05, 0) is 42.5 Å². The molecule has 2 aliphatic heterocycles. The summed E-state index contributed by atoms with van der Waals surface area (Å²) in [5.74, 6) is 0.222. The number of benzene rings is 1. The van der Waals surface area contributed by atoms with Crippen LogP contribution in [-0.4, -0.2) is 76.6 Å². The van der Waals surface area contributed by atoms with Crippen LogP contribution in [0.25, 0.3) is 0 Å². The van der Waals surface area contributed by atoms with E-state index in [1.54, 1.807) is 12.3 Å². The van der Waals surface area contributed by atoms with Gasteiger partial charge in [-0.15, -0.1) is 0 Å². The maximum atomic E-state index is 12.6. The summed E-state index contributed by atoms with van der Waals surface area (Å²) in [5.41, 5.74) is 3.80. The number of nitrogens with one attached hydrogen (secondary N) is 2. The number of carbonyl (C=O) groups excluding carboxylic acids is 2. The van der Waals surface area contributed by atoms with E-state index < -0.39 is 6.10 Å². The van der Waals surface area contributed by atoms with Crippen LogP contribution >= 0.6 is 0 Å². The summed E-state index contributed by atoms with van der Waals surface area (Å²) in [6, 6.07) is 12.1. The highest BCUT2D eigenvalue weighted by Crippen LogP contribution is 2.32. The Balaban J connectivity index is 1.06. The molecule has 8 heteroatoms. The molecule has 3 heterocycles. The number of aromatic nitrogens is 1. The van der Waals surface area contributed by atoms with E-state index in [4.69, 9.17) is 0 Å². The highest BCUT2D eigenvalue weighted by molar-refractivity contribution is 5.93. The van der Waals surface area contributed by atoms with Crippen LogP contribution < -0.4 is 10.6 Å². The summed E-state index contributed by atoms with van der Waals surface area (Å²) >= 11 is 0. The predicted molar refractivity (Wildman–Crippen MR) is 125 cm³/mol. The van der Waals surface area contributed by atoms with Gasteiger partial charge in [0.05, 0.1) is 12.1 Å². The minimum absolute atomic E-state index is 0.178. The Morgan fingerprint density at radius 3 is 2.73 bits per heavy atom. The number of fused-ring (bicyclic) bond motifs is 1. The number of hydrogen-bond donors (Lipinski definition) is 3. The lowest BCUT2D eigenvalue weighted by Crippen LogP contribution is -2.57. The molecule has 3 N–H and O–H groups in total. The summed E-state index contributed by atoms with van der Waals surface area (Å²) in [6.45, 7) is 3.82. The Labute approximate surface area is 194 Å². The third-order valence-corrected chi connectivity index (χ3v) is 6.66. The van der Waals surface area contributed by atoms with Crippen LogP contribution in [0.4, 0.5) is 5.69 Å². The fourth-order valence-electron chi connectivity index (χ4n) is 4.59. The van der Waals surface area contributed by atoms with Gasteiger partial charge in [0.25, 0.3) is 5.91 Å². The molecule has 2 amide bonds. The predicted octanol–water partition coefficient (Wildman–Crippen LogP) is 1.26. The van der Waals surface area contributed by atoms with Crippen LogP contribution in [0.2, 0.25) is 0 Å². The van der Waals surface area contributed by atoms with Gasteiger partial charge in [-0.2, -0.15) is 0 Å². The molecular weight excluding hydrogens is 418 g/mol. The number of likely N-dealkylation sites (tertiary alicyclic amines) is 1. The molecule has 8 nitrogen and oxygen atoms in total. The maximum Gasteiger partial charge on any atom is 0.270 e. The van der Waals surface area contributed by atoms with Crippen molar-refractivity contribution in [3.63, 3.8) is 0 Å². The van der Waals surface area contributed by atoms with E-state index in [1.165, 1.54) is 11.1 Å². The number of β-amino-alcohol motifs (C(OH)–C–C–N with tert-alkyl or cyclic N) is 1. The number of amides is 2. The average molecular weight is 450 g/mol. The van der Waals surface area contributed by atoms with Crippen molar-refractivity contribution in [3.8, 4) is 0 Å². The molecule has 2 aromatic rings. The van der Waals surface area contributed by atoms with Gasteiger partial charge in [0.2, 0.25) is 5.91 Å². The minimum Gasteiger partial charge on any atom is -0.390 e. The van der Waals surface area contributed by atoms with Gasteiger partial charge in [-0.1, -0.05) is 24.3 Å². The van der Waals surface area contributed by atoms with Crippen LogP contribution in [0, 0.1) is 5.92 Å². The van der Waals surface area contributed by atoms with Gasteiger partial charge in [0.15, 0.2) is 0 Å². The van der Waals surface area contributed by atoms with E-state index in [-0.39, 0.29) is 30.3 Å². The van der Waals surface area contributed by atoms with E-state index in [0.717, 1.165) is 38.0 Å². The van der Waals surface area contributed by atoms with Crippen LogP contribution in [-0.2, 0) is 17.8 Å². The first kappa shape index (κ1) is 21.9. The second-order valence-corrected chi connectivity index (χ2v) is 9.41. The smallest absolute Gasteiger partial charge is 0.270 e.